The minimum absolute atomic E-state index is 0.908. The molecule has 0 aliphatic carbocycles. The summed E-state index contributed by atoms with van der Waals surface area (Å²) in [4.78, 5) is 0. The van der Waals surface area contributed by atoms with E-state index in [1.807, 2.05) is 0 Å². The molecule has 13 N–H and O–H groups in total. The molecule has 0 aromatic heterocycles. The van der Waals surface area contributed by atoms with Crippen molar-refractivity contribution >= 4 is 0 Å². The molecule has 3 saturated heterocycles. The van der Waals surface area contributed by atoms with Crippen molar-refractivity contribution < 1.29 is 90.1 Å². The summed E-state index contributed by atoms with van der Waals surface area (Å²) in [5, 5.41) is 130. The standard InChI is InChI=1S/C18H32O18/c19-1-4(22)12-10(27)14(29)17(31,33-12)36-18(15(30)11(28)13(34-18)5(23)2-20)35-16-9(26)8(25)7(24)6(3-21)32-16/h4-16,19-31H,1-3H2/t4-,5-,6-,7+,8+,9-,10+,11-,12-,13-,14+,15-,16-,17+,18+/m1/s1. The summed E-state index contributed by atoms with van der Waals surface area (Å²) < 4.78 is 25.8. The summed E-state index contributed by atoms with van der Waals surface area (Å²) in [5.41, 5.74) is 0. The molecule has 0 radical (unpaired) electrons. The highest BCUT2D eigenvalue weighted by Crippen LogP contribution is 2.44. The molecule has 3 rings (SSSR count). The third-order valence-electron chi connectivity index (χ3n) is 6.21. The SMILES string of the molecule is OC[C@@H](O)[C@H]1O[C@@](O[C@H]2O[C@H](CO)[C@H](O)[C@H](O)[C@H]2O)(O[C@@]2(O)O[C@H]([C@H](O)CO)[C@H](O)[C@@H]2O)[C@H](O)[C@@H]1O. The lowest BCUT2D eigenvalue weighted by atomic mass is 9.99. The second kappa shape index (κ2) is 11.2. The smallest absolute Gasteiger partial charge is 0.320 e. The molecule has 0 unspecified atom stereocenters. The molecule has 0 aromatic rings. The second-order valence-corrected chi connectivity index (χ2v) is 8.69. The van der Waals surface area contributed by atoms with Crippen LogP contribution < -0.4 is 0 Å². The summed E-state index contributed by atoms with van der Waals surface area (Å²) in [5.74, 6) is -6.70. The Bertz CT molecular complexity index is 728. The zero-order chi connectivity index (χ0) is 27.2. The first kappa shape index (κ1) is 29.8. The van der Waals surface area contributed by atoms with Gasteiger partial charge in [-0.25, -0.2) is 0 Å². The molecule has 15 atom stereocenters. The van der Waals surface area contributed by atoms with Gasteiger partial charge < -0.3 is 80.6 Å². The molecule has 36 heavy (non-hydrogen) atoms. The van der Waals surface area contributed by atoms with Crippen molar-refractivity contribution in [1.29, 1.82) is 0 Å². The minimum atomic E-state index is -3.42. The summed E-state index contributed by atoms with van der Waals surface area (Å²) in [6, 6.07) is 0. The molecule has 3 fully saturated rings. The molecule has 3 aliphatic heterocycles. The van der Waals surface area contributed by atoms with E-state index in [4.69, 9.17) is 28.8 Å². The van der Waals surface area contributed by atoms with Gasteiger partial charge in [0.15, 0.2) is 18.5 Å². The number of ether oxygens (including phenoxy) is 5. The Morgan fingerprint density at radius 1 is 0.694 bits per heavy atom. The van der Waals surface area contributed by atoms with Gasteiger partial charge in [-0.2, -0.15) is 0 Å². The van der Waals surface area contributed by atoms with Gasteiger partial charge in [0.1, 0.15) is 61.0 Å². The average Bonchev–Trinajstić information content (AvgIpc) is 3.23. The molecule has 18 heteroatoms. The molecule has 3 aliphatic rings. The zero-order valence-corrected chi connectivity index (χ0v) is 18.5. The van der Waals surface area contributed by atoms with Gasteiger partial charge in [-0.15, -0.1) is 0 Å². The number of hydrogen-bond donors (Lipinski definition) is 13. The highest BCUT2D eigenvalue weighted by atomic mass is 17.0. The van der Waals surface area contributed by atoms with Gasteiger partial charge in [0.2, 0.25) is 0 Å². The fraction of sp³-hybridized carbons (Fsp3) is 1.00. The third kappa shape index (κ3) is 5.12. The molecule has 0 bridgehead atoms. The Kier molecular flexibility index (Phi) is 9.26. The van der Waals surface area contributed by atoms with E-state index in [9.17, 15) is 61.3 Å². The van der Waals surface area contributed by atoms with Crippen LogP contribution in [0, 0.1) is 0 Å². The van der Waals surface area contributed by atoms with E-state index in [0.29, 0.717) is 0 Å². The Hall–Kier alpha value is -0.720. The van der Waals surface area contributed by atoms with Crippen LogP contribution in [0.3, 0.4) is 0 Å². The topological polar surface area (TPSA) is 309 Å². The van der Waals surface area contributed by atoms with Gasteiger partial charge in [0.25, 0.3) is 0 Å². The highest BCUT2D eigenvalue weighted by molar-refractivity contribution is 5.00. The van der Waals surface area contributed by atoms with E-state index < -0.39 is 111 Å². The van der Waals surface area contributed by atoms with E-state index in [1.165, 1.54) is 0 Å². The molecular weight excluding hydrogens is 504 g/mol. The van der Waals surface area contributed by atoms with Crippen LogP contribution in [0.15, 0.2) is 0 Å². The van der Waals surface area contributed by atoms with Crippen LogP contribution in [0.1, 0.15) is 0 Å². The lowest BCUT2D eigenvalue weighted by Crippen LogP contribution is -2.64. The second-order valence-electron chi connectivity index (χ2n) is 8.69. The summed E-state index contributed by atoms with van der Waals surface area (Å²) >= 11 is 0. The Labute approximate surface area is 202 Å². The largest absolute Gasteiger partial charge is 0.394 e. The fourth-order valence-electron chi connectivity index (χ4n) is 4.09. The van der Waals surface area contributed by atoms with E-state index >= 15 is 0 Å². The lowest BCUT2D eigenvalue weighted by molar-refractivity contribution is -0.533. The van der Waals surface area contributed by atoms with Gasteiger partial charge in [-0.05, 0) is 0 Å². The van der Waals surface area contributed by atoms with Crippen molar-refractivity contribution in [2.75, 3.05) is 19.8 Å². The van der Waals surface area contributed by atoms with Crippen LogP contribution >= 0.6 is 0 Å². The maximum Gasteiger partial charge on any atom is 0.320 e. The minimum Gasteiger partial charge on any atom is -0.394 e. The van der Waals surface area contributed by atoms with E-state index in [0.717, 1.165) is 0 Å². The molecule has 0 saturated carbocycles. The molecule has 3 heterocycles. The molecular formula is C18H32O18. The molecule has 0 amide bonds. The first-order valence-electron chi connectivity index (χ1n) is 10.8. The summed E-state index contributed by atoms with van der Waals surface area (Å²) in [6.45, 7) is -2.94. The van der Waals surface area contributed by atoms with Crippen molar-refractivity contribution in [3.05, 3.63) is 0 Å². The van der Waals surface area contributed by atoms with Crippen molar-refractivity contribution in [2.24, 2.45) is 0 Å². The van der Waals surface area contributed by atoms with Crippen LogP contribution in [-0.2, 0) is 23.7 Å². The van der Waals surface area contributed by atoms with Gasteiger partial charge in [-0.1, -0.05) is 0 Å². The third-order valence-corrected chi connectivity index (χ3v) is 6.21. The summed E-state index contributed by atoms with van der Waals surface area (Å²) in [6.07, 6.45) is -26.4. The number of aliphatic hydroxyl groups excluding tert-OH is 12. The van der Waals surface area contributed by atoms with Gasteiger partial charge in [0.05, 0.1) is 19.8 Å². The van der Waals surface area contributed by atoms with Crippen molar-refractivity contribution in [2.45, 2.75) is 91.5 Å². The molecule has 212 valence electrons. The van der Waals surface area contributed by atoms with E-state index in [-0.39, 0.29) is 0 Å². The maximum atomic E-state index is 10.8. The van der Waals surface area contributed by atoms with E-state index in [1.54, 1.807) is 0 Å². The Morgan fingerprint density at radius 3 is 1.75 bits per heavy atom. The van der Waals surface area contributed by atoms with Gasteiger partial charge in [0, 0.05) is 0 Å². The lowest BCUT2D eigenvalue weighted by Gasteiger charge is -2.44. The Balaban J connectivity index is 1.98. The zero-order valence-electron chi connectivity index (χ0n) is 18.5. The van der Waals surface area contributed by atoms with Crippen LogP contribution in [0.25, 0.3) is 0 Å². The molecule has 0 aromatic carbocycles. The monoisotopic (exact) mass is 536 g/mol. The summed E-state index contributed by atoms with van der Waals surface area (Å²) in [7, 11) is 0. The number of rotatable bonds is 9. The van der Waals surface area contributed by atoms with Gasteiger partial charge >= 0.3 is 11.9 Å². The Morgan fingerprint density at radius 2 is 1.22 bits per heavy atom. The number of aliphatic hydroxyl groups is 13. The molecule has 0 spiro atoms. The van der Waals surface area contributed by atoms with Crippen LogP contribution in [0.2, 0.25) is 0 Å². The quantitative estimate of drug-likeness (QED) is 0.122. The van der Waals surface area contributed by atoms with Crippen molar-refractivity contribution in [3.8, 4) is 0 Å². The van der Waals surface area contributed by atoms with Crippen molar-refractivity contribution in [1.82, 2.24) is 0 Å². The van der Waals surface area contributed by atoms with E-state index in [2.05, 4.69) is 0 Å². The highest BCUT2D eigenvalue weighted by Gasteiger charge is 2.68. The predicted molar refractivity (Wildman–Crippen MR) is 104 cm³/mol. The van der Waals surface area contributed by atoms with Crippen LogP contribution in [0.5, 0.6) is 0 Å². The number of hydrogen-bond acceptors (Lipinski definition) is 18. The first-order valence-corrected chi connectivity index (χ1v) is 10.8. The first-order chi connectivity index (χ1) is 16.8. The average molecular weight is 536 g/mol. The van der Waals surface area contributed by atoms with Crippen molar-refractivity contribution in [3.63, 3.8) is 0 Å². The van der Waals surface area contributed by atoms with Crippen LogP contribution in [0.4, 0.5) is 0 Å². The van der Waals surface area contributed by atoms with Crippen LogP contribution in [-0.4, -0.2) is 178 Å². The van der Waals surface area contributed by atoms with Gasteiger partial charge in [-0.3, -0.25) is 9.47 Å². The predicted octanol–water partition coefficient (Wildman–Crippen LogP) is -8.93. The maximum absolute atomic E-state index is 10.8. The fourth-order valence-corrected chi connectivity index (χ4v) is 4.09. The molecule has 18 nitrogen and oxygen atoms in total. The normalized spacial score (nSPS) is 51.4.